The summed E-state index contributed by atoms with van der Waals surface area (Å²) in [5.74, 6) is 1.88. The van der Waals surface area contributed by atoms with Crippen molar-refractivity contribution in [3.05, 3.63) is 29.8 Å². The summed E-state index contributed by atoms with van der Waals surface area (Å²) in [6.07, 6.45) is 3.52. The standard InChI is InChI=1S/C17H22O3/c1-12(18)5-6-13-10-17(2,3)11-20-16-8-7-14(19-4)9-15(13)16/h7-10H,5-6,11H2,1-4H3. The number of Topliss-reactive ketones (excluding diaryl/α,β-unsaturated/α-hetero) is 1. The van der Waals surface area contributed by atoms with E-state index < -0.39 is 0 Å². The molecule has 0 aliphatic carbocycles. The maximum absolute atomic E-state index is 11.3. The Morgan fingerprint density at radius 2 is 2.15 bits per heavy atom. The largest absolute Gasteiger partial charge is 0.497 e. The number of carbonyl (C=O) groups excluding carboxylic acids is 1. The van der Waals surface area contributed by atoms with Crippen molar-refractivity contribution >= 4 is 11.4 Å². The predicted molar refractivity (Wildman–Crippen MR) is 80.2 cm³/mol. The summed E-state index contributed by atoms with van der Waals surface area (Å²) in [6.45, 7) is 6.55. The molecule has 2 rings (SSSR count). The minimum absolute atomic E-state index is 0.0433. The number of carbonyl (C=O) groups is 1. The van der Waals surface area contributed by atoms with Gasteiger partial charge in [-0.3, -0.25) is 0 Å². The first-order valence-corrected chi connectivity index (χ1v) is 6.94. The van der Waals surface area contributed by atoms with Crippen molar-refractivity contribution in [1.82, 2.24) is 0 Å². The molecule has 1 aliphatic rings. The Hall–Kier alpha value is -1.77. The van der Waals surface area contributed by atoms with Crippen LogP contribution in [0.5, 0.6) is 11.5 Å². The van der Waals surface area contributed by atoms with E-state index in [1.807, 2.05) is 18.2 Å². The molecule has 0 N–H and O–H groups in total. The molecule has 0 aromatic heterocycles. The number of hydrogen-bond donors (Lipinski definition) is 0. The number of ether oxygens (including phenoxy) is 2. The van der Waals surface area contributed by atoms with Gasteiger partial charge in [0.15, 0.2) is 0 Å². The van der Waals surface area contributed by atoms with Crippen LogP contribution in [0.4, 0.5) is 0 Å². The van der Waals surface area contributed by atoms with Gasteiger partial charge in [-0.1, -0.05) is 19.9 Å². The van der Waals surface area contributed by atoms with Crippen molar-refractivity contribution in [1.29, 1.82) is 0 Å². The first-order chi connectivity index (χ1) is 9.41. The molecule has 0 atom stereocenters. The third-order valence-electron chi connectivity index (χ3n) is 3.44. The number of hydrogen-bond acceptors (Lipinski definition) is 3. The Labute approximate surface area is 120 Å². The molecule has 0 fully saturated rings. The van der Waals surface area contributed by atoms with Crippen LogP contribution < -0.4 is 9.47 Å². The van der Waals surface area contributed by atoms with Gasteiger partial charge in [0.25, 0.3) is 0 Å². The van der Waals surface area contributed by atoms with Gasteiger partial charge in [0.2, 0.25) is 0 Å². The van der Waals surface area contributed by atoms with Crippen molar-refractivity contribution in [3.8, 4) is 11.5 Å². The summed E-state index contributed by atoms with van der Waals surface area (Å²) >= 11 is 0. The lowest BCUT2D eigenvalue weighted by Crippen LogP contribution is -2.17. The molecule has 0 radical (unpaired) electrons. The van der Waals surface area contributed by atoms with Gasteiger partial charge < -0.3 is 14.3 Å². The normalized spacial score (nSPS) is 16.5. The van der Waals surface area contributed by atoms with Crippen LogP contribution in [0.1, 0.15) is 39.2 Å². The van der Waals surface area contributed by atoms with Crippen LogP contribution in [0.15, 0.2) is 24.3 Å². The number of methoxy groups -OCH3 is 1. The molecule has 108 valence electrons. The van der Waals surface area contributed by atoms with E-state index in [-0.39, 0.29) is 11.2 Å². The molecule has 3 nitrogen and oxygen atoms in total. The summed E-state index contributed by atoms with van der Waals surface area (Å²) in [7, 11) is 1.65. The van der Waals surface area contributed by atoms with E-state index in [2.05, 4.69) is 19.9 Å². The summed E-state index contributed by atoms with van der Waals surface area (Å²) in [6, 6.07) is 5.83. The lowest BCUT2D eigenvalue weighted by atomic mass is 9.88. The number of benzene rings is 1. The molecule has 0 bridgehead atoms. The predicted octanol–water partition coefficient (Wildman–Crippen LogP) is 3.87. The molecule has 0 saturated carbocycles. The van der Waals surface area contributed by atoms with Crippen molar-refractivity contribution < 1.29 is 14.3 Å². The van der Waals surface area contributed by atoms with E-state index in [4.69, 9.17) is 9.47 Å². The zero-order chi connectivity index (χ0) is 14.8. The molecule has 1 aliphatic heterocycles. The topological polar surface area (TPSA) is 35.5 Å². The summed E-state index contributed by atoms with van der Waals surface area (Å²) in [4.78, 5) is 11.3. The van der Waals surface area contributed by atoms with Crippen LogP contribution in [-0.2, 0) is 4.79 Å². The van der Waals surface area contributed by atoms with Crippen LogP contribution in [0, 0.1) is 5.41 Å². The molecule has 1 aromatic rings. The Morgan fingerprint density at radius 3 is 2.80 bits per heavy atom. The number of fused-ring (bicyclic) bond motifs is 1. The fourth-order valence-corrected chi connectivity index (χ4v) is 2.39. The molecule has 0 spiro atoms. The molecule has 1 heterocycles. The van der Waals surface area contributed by atoms with Crippen molar-refractivity contribution in [2.75, 3.05) is 13.7 Å². The third kappa shape index (κ3) is 3.41. The summed E-state index contributed by atoms with van der Waals surface area (Å²) in [5, 5.41) is 0. The average Bonchev–Trinajstić information content (AvgIpc) is 2.53. The van der Waals surface area contributed by atoms with E-state index in [1.165, 1.54) is 0 Å². The van der Waals surface area contributed by atoms with Crippen LogP contribution >= 0.6 is 0 Å². The molecule has 1 aromatic carbocycles. The maximum atomic E-state index is 11.3. The minimum Gasteiger partial charge on any atom is -0.497 e. The molecule has 3 heteroatoms. The molecule has 0 unspecified atom stereocenters. The molecule has 0 amide bonds. The lowest BCUT2D eigenvalue weighted by molar-refractivity contribution is -0.116. The monoisotopic (exact) mass is 274 g/mol. The molecule has 20 heavy (non-hydrogen) atoms. The third-order valence-corrected chi connectivity index (χ3v) is 3.44. The van der Waals surface area contributed by atoms with Crippen LogP contribution in [0.3, 0.4) is 0 Å². The van der Waals surface area contributed by atoms with Crippen molar-refractivity contribution in [2.24, 2.45) is 5.41 Å². The SMILES string of the molecule is COc1ccc2c(c1)C(CCC(C)=O)=CC(C)(C)CO2. The maximum Gasteiger partial charge on any atom is 0.130 e. The molecular weight excluding hydrogens is 252 g/mol. The summed E-state index contributed by atoms with van der Waals surface area (Å²) < 4.78 is 11.2. The smallest absolute Gasteiger partial charge is 0.130 e. The van der Waals surface area contributed by atoms with Crippen molar-refractivity contribution in [3.63, 3.8) is 0 Å². The Bertz CT molecular complexity index is 541. The van der Waals surface area contributed by atoms with Gasteiger partial charge in [-0.15, -0.1) is 0 Å². The van der Waals surface area contributed by atoms with E-state index in [0.717, 1.165) is 29.1 Å². The van der Waals surface area contributed by atoms with Gasteiger partial charge in [0, 0.05) is 17.4 Å². The zero-order valence-corrected chi connectivity index (χ0v) is 12.7. The highest BCUT2D eigenvalue weighted by Gasteiger charge is 2.24. The van der Waals surface area contributed by atoms with Gasteiger partial charge in [-0.25, -0.2) is 0 Å². The Morgan fingerprint density at radius 1 is 1.40 bits per heavy atom. The van der Waals surface area contributed by atoms with Gasteiger partial charge in [0.1, 0.15) is 17.3 Å². The zero-order valence-electron chi connectivity index (χ0n) is 12.7. The van der Waals surface area contributed by atoms with E-state index >= 15 is 0 Å². The second kappa shape index (κ2) is 5.70. The molecular formula is C17H22O3. The number of allylic oxidation sites excluding steroid dienone is 1. The van der Waals surface area contributed by atoms with Crippen molar-refractivity contribution in [2.45, 2.75) is 33.6 Å². The second-order valence-electron chi connectivity index (χ2n) is 6.01. The van der Waals surface area contributed by atoms with E-state index in [1.54, 1.807) is 14.0 Å². The van der Waals surface area contributed by atoms with Gasteiger partial charge in [-0.05, 0) is 37.1 Å². The lowest BCUT2D eigenvalue weighted by Gasteiger charge is -2.18. The second-order valence-corrected chi connectivity index (χ2v) is 6.01. The van der Waals surface area contributed by atoms with Gasteiger partial charge in [-0.2, -0.15) is 0 Å². The van der Waals surface area contributed by atoms with Gasteiger partial charge in [0.05, 0.1) is 13.7 Å². The highest BCUT2D eigenvalue weighted by Crippen LogP contribution is 2.38. The van der Waals surface area contributed by atoms with E-state index in [0.29, 0.717) is 13.0 Å². The Kier molecular flexibility index (Phi) is 4.17. The fourth-order valence-electron chi connectivity index (χ4n) is 2.39. The average molecular weight is 274 g/mol. The number of ketones is 1. The van der Waals surface area contributed by atoms with Crippen LogP contribution in [0.2, 0.25) is 0 Å². The van der Waals surface area contributed by atoms with Gasteiger partial charge >= 0.3 is 0 Å². The Balaban J connectivity index is 2.43. The number of rotatable bonds is 4. The van der Waals surface area contributed by atoms with E-state index in [9.17, 15) is 4.79 Å². The molecule has 0 saturated heterocycles. The van der Waals surface area contributed by atoms with Crippen LogP contribution in [-0.4, -0.2) is 19.5 Å². The highest BCUT2D eigenvalue weighted by molar-refractivity contribution is 5.80. The fraction of sp³-hybridized carbons (Fsp3) is 0.471. The first kappa shape index (κ1) is 14.6. The first-order valence-electron chi connectivity index (χ1n) is 6.94. The quantitative estimate of drug-likeness (QED) is 0.836. The minimum atomic E-state index is -0.0433. The summed E-state index contributed by atoms with van der Waals surface area (Å²) in [5.41, 5.74) is 2.16. The highest BCUT2D eigenvalue weighted by atomic mass is 16.5. The van der Waals surface area contributed by atoms with Crippen LogP contribution in [0.25, 0.3) is 5.57 Å².